The molecule has 0 saturated heterocycles. The number of hydrogen-bond acceptors (Lipinski definition) is 1. The van der Waals surface area contributed by atoms with Crippen LogP contribution in [0.1, 0.15) is 75.0 Å². The van der Waals surface area contributed by atoms with Gasteiger partial charge in [0.2, 0.25) is 0 Å². The zero-order valence-electron chi connectivity index (χ0n) is 13.7. The lowest BCUT2D eigenvalue weighted by Crippen LogP contribution is -2.29. The summed E-state index contributed by atoms with van der Waals surface area (Å²) in [6.07, 6.45) is 10.9. The molecule has 0 spiro atoms. The summed E-state index contributed by atoms with van der Waals surface area (Å²) in [5, 5.41) is 0. The minimum absolute atomic E-state index is 0.417. The summed E-state index contributed by atoms with van der Waals surface area (Å²) in [6.45, 7) is 6.69. The molecular formula is C19H30O. The van der Waals surface area contributed by atoms with E-state index in [4.69, 9.17) is 4.74 Å². The molecule has 1 nitrogen and oxygen atoms in total. The predicted molar refractivity (Wildman–Crippen MR) is 86.8 cm³/mol. The molecule has 1 aromatic rings. The van der Waals surface area contributed by atoms with Crippen molar-refractivity contribution >= 4 is 0 Å². The molecule has 0 N–H and O–H groups in total. The second-order valence-corrected chi connectivity index (χ2v) is 6.56. The Morgan fingerprint density at radius 1 is 1.10 bits per heavy atom. The largest absolute Gasteiger partial charge is 0.496 e. The van der Waals surface area contributed by atoms with Gasteiger partial charge in [-0.15, -0.1) is 0 Å². The Bertz CT molecular complexity index is 441. The average Bonchev–Trinajstić information content (AvgIpc) is 2.48. The number of ether oxygens (including phenoxy) is 1. The molecule has 1 heteroatoms. The maximum absolute atomic E-state index is 5.61. The van der Waals surface area contributed by atoms with Crippen LogP contribution < -0.4 is 4.74 Å². The fraction of sp³-hybridized carbons (Fsp3) is 0.684. The lowest BCUT2D eigenvalue weighted by molar-refractivity contribution is 0.266. The van der Waals surface area contributed by atoms with Crippen molar-refractivity contribution in [3.05, 3.63) is 28.8 Å². The number of aryl methyl sites for hydroxylation is 1. The topological polar surface area (TPSA) is 9.23 Å². The summed E-state index contributed by atoms with van der Waals surface area (Å²) in [5.41, 5.74) is 4.61. The number of hydrogen-bond donors (Lipinski definition) is 0. The van der Waals surface area contributed by atoms with Crippen LogP contribution in [0.15, 0.2) is 12.1 Å². The van der Waals surface area contributed by atoms with Crippen molar-refractivity contribution in [2.75, 3.05) is 7.11 Å². The molecule has 0 bridgehead atoms. The van der Waals surface area contributed by atoms with Gasteiger partial charge in [-0.2, -0.15) is 0 Å². The van der Waals surface area contributed by atoms with E-state index < -0.39 is 0 Å². The molecule has 112 valence electrons. The highest BCUT2D eigenvalue weighted by atomic mass is 16.5. The van der Waals surface area contributed by atoms with Crippen LogP contribution in [0.2, 0.25) is 0 Å². The Kier molecular flexibility index (Phi) is 5.12. The summed E-state index contributed by atoms with van der Waals surface area (Å²) in [6, 6.07) is 4.75. The fourth-order valence-electron chi connectivity index (χ4n) is 3.77. The van der Waals surface area contributed by atoms with Crippen LogP contribution in [0.3, 0.4) is 0 Å². The number of rotatable bonds is 5. The van der Waals surface area contributed by atoms with Gasteiger partial charge in [0.15, 0.2) is 0 Å². The van der Waals surface area contributed by atoms with Gasteiger partial charge in [-0.1, -0.05) is 45.1 Å². The van der Waals surface area contributed by atoms with Crippen molar-refractivity contribution in [3.63, 3.8) is 0 Å². The van der Waals surface area contributed by atoms with Gasteiger partial charge < -0.3 is 4.74 Å². The van der Waals surface area contributed by atoms with E-state index in [0.717, 1.165) is 5.75 Å². The molecule has 0 heterocycles. The number of methoxy groups -OCH3 is 1. The molecule has 0 atom stereocenters. The Balaban J connectivity index is 2.40. The highest BCUT2D eigenvalue weighted by molar-refractivity contribution is 5.45. The van der Waals surface area contributed by atoms with Crippen molar-refractivity contribution in [3.8, 4) is 5.75 Å². The van der Waals surface area contributed by atoms with Gasteiger partial charge in [-0.3, -0.25) is 0 Å². The van der Waals surface area contributed by atoms with Crippen LogP contribution in [-0.2, 0) is 5.41 Å². The van der Waals surface area contributed by atoms with Gasteiger partial charge in [0, 0.05) is 0 Å². The van der Waals surface area contributed by atoms with E-state index in [1.165, 1.54) is 68.1 Å². The highest BCUT2D eigenvalue weighted by Gasteiger charge is 2.33. The van der Waals surface area contributed by atoms with E-state index in [1.807, 2.05) is 0 Å². The molecular weight excluding hydrogens is 244 g/mol. The van der Waals surface area contributed by atoms with E-state index in [1.54, 1.807) is 7.11 Å². The molecule has 1 aliphatic rings. The first-order valence-corrected chi connectivity index (χ1v) is 8.28. The summed E-state index contributed by atoms with van der Waals surface area (Å²) in [4.78, 5) is 0. The molecule has 0 aromatic heterocycles. The standard InChI is InChI=1S/C19H30O/c1-5-6-10-19(11-8-7-9-12-19)17-13-15(2)16(3)18(14-17)20-4/h13-14H,5-12H2,1-4H3. The van der Waals surface area contributed by atoms with E-state index in [0.29, 0.717) is 5.41 Å². The van der Waals surface area contributed by atoms with Gasteiger partial charge in [0.05, 0.1) is 7.11 Å². The van der Waals surface area contributed by atoms with Crippen molar-refractivity contribution in [1.82, 2.24) is 0 Å². The fourth-order valence-corrected chi connectivity index (χ4v) is 3.77. The smallest absolute Gasteiger partial charge is 0.122 e. The molecule has 1 fully saturated rings. The third-order valence-corrected chi connectivity index (χ3v) is 5.27. The van der Waals surface area contributed by atoms with Crippen molar-refractivity contribution < 1.29 is 4.74 Å². The normalized spacial score (nSPS) is 18.0. The highest BCUT2D eigenvalue weighted by Crippen LogP contribution is 2.45. The van der Waals surface area contributed by atoms with Gasteiger partial charge in [0.25, 0.3) is 0 Å². The van der Waals surface area contributed by atoms with Crippen LogP contribution in [0, 0.1) is 13.8 Å². The van der Waals surface area contributed by atoms with E-state index in [2.05, 4.69) is 32.9 Å². The minimum Gasteiger partial charge on any atom is -0.496 e. The Morgan fingerprint density at radius 3 is 2.40 bits per heavy atom. The molecule has 1 saturated carbocycles. The second kappa shape index (κ2) is 6.65. The van der Waals surface area contributed by atoms with Gasteiger partial charge >= 0.3 is 0 Å². The summed E-state index contributed by atoms with van der Waals surface area (Å²) in [5.74, 6) is 1.07. The van der Waals surface area contributed by atoms with E-state index in [-0.39, 0.29) is 0 Å². The summed E-state index contributed by atoms with van der Waals surface area (Å²) >= 11 is 0. The van der Waals surface area contributed by atoms with Gasteiger partial charge in [-0.25, -0.2) is 0 Å². The Morgan fingerprint density at radius 2 is 1.80 bits per heavy atom. The molecule has 1 aromatic carbocycles. The molecule has 0 amide bonds. The first-order valence-electron chi connectivity index (χ1n) is 8.28. The third-order valence-electron chi connectivity index (χ3n) is 5.27. The first-order chi connectivity index (χ1) is 9.63. The molecule has 20 heavy (non-hydrogen) atoms. The SMILES string of the molecule is CCCCC1(c2cc(C)c(C)c(OC)c2)CCCCC1. The Hall–Kier alpha value is -0.980. The van der Waals surface area contributed by atoms with Gasteiger partial charge in [-0.05, 0) is 61.3 Å². The first kappa shape index (κ1) is 15.4. The third kappa shape index (κ3) is 3.02. The maximum Gasteiger partial charge on any atom is 0.122 e. The van der Waals surface area contributed by atoms with Gasteiger partial charge in [0.1, 0.15) is 5.75 Å². The van der Waals surface area contributed by atoms with Crippen molar-refractivity contribution in [1.29, 1.82) is 0 Å². The van der Waals surface area contributed by atoms with E-state index >= 15 is 0 Å². The quantitative estimate of drug-likeness (QED) is 0.668. The van der Waals surface area contributed by atoms with Crippen LogP contribution in [0.25, 0.3) is 0 Å². The van der Waals surface area contributed by atoms with Crippen LogP contribution in [0.4, 0.5) is 0 Å². The van der Waals surface area contributed by atoms with Crippen molar-refractivity contribution in [2.24, 2.45) is 0 Å². The van der Waals surface area contributed by atoms with Crippen molar-refractivity contribution in [2.45, 2.75) is 77.6 Å². The van der Waals surface area contributed by atoms with Crippen LogP contribution in [0.5, 0.6) is 5.75 Å². The lowest BCUT2D eigenvalue weighted by Gasteiger charge is -2.39. The molecule has 0 radical (unpaired) electrons. The monoisotopic (exact) mass is 274 g/mol. The minimum atomic E-state index is 0.417. The molecule has 0 unspecified atom stereocenters. The average molecular weight is 274 g/mol. The van der Waals surface area contributed by atoms with Crippen LogP contribution >= 0.6 is 0 Å². The van der Waals surface area contributed by atoms with Crippen LogP contribution in [-0.4, -0.2) is 7.11 Å². The Labute approximate surface area is 124 Å². The molecule has 2 rings (SSSR count). The molecule has 0 aliphatic heterocycles. The lowest BCUT2D eigenvalue weighted by atomic mass is 9.66. The second-order valence-electron chi connectivity index (χ2n) is 6.56. The zero-order valence-corrected chi connectivity index (χ0v) is 13.7. The zero-order chi connectivity index (χ0) is 14.6. The summed E-state index contributed by atoms with van der Waals surface area (Å²) in [7, 11) is 1.80. The van der Waals surface area contributed by atoms with E-state index in [9.17, 15) is 0 Å². The predicted octanol–water partition coefficient (Wildman–Crippen LogP) is 5.70. The number of unbranched alkanes of at least 4 members (excludes halogenated alkanes) is 1. The summed E-state index contributed by atoms with van der Waals surface area (Å²) < 4.78 is 5.61. The molecule has 1 aliphatic carbocycles. The maximum atomic E-state index is 5.61. The number of benzene rings is 1.